The molecule has 14 nitrogen and oxygen atoms in total. The van der Waals surface area contributed by atoms with Gasteiger partial charge >= 0.3 is 35.8 Å². The van der Waals surface area contributed by atoms with Gasteiger partial charge in [0.2, 0.25) is 0 Å². The number of carbonyl (C=O) groups is 6. The first-order valence-corrected chi connectivity index (χ1v) is 14.8. The highest BCUT2D eigenvalue weighted by atomic mass is 16.7. The lowest BCUT2D eigenvalue weighted by molar-refractivity contribution is -0.336. The van der Waals surface area contributed by atoms with E-state index in [1.807, 2.05) is 27.7 Å². The molecule has 0 N–H and O–H groups in total. The molecule has 1 spiro atoms. The third kappa shape index (κ3) is 6.29. The van der Waals surface area contributed by atoms with E-state index in [4.69, 9.17) is 28.4 Å². The number of hydrogen-bond acceptors (Lipinski definition) is 14. The molecule has 0 atom stereocenters. The molecule has 6 rings (SSSR count). The standard InChI is InChI=1S/C33H32O14/c1-31(2,11-40-23(34)17-5-7-19-21(9-17)27(38)46-25(19)36)29-42-13-33(14-43-29)15-44-30(45-16-33)32(3,4)12-41-24(35)18-6-8-20-22(10-18)28(39)47-26(20)37/h5-10,29-30H,11-16H2,1-4H3. The van der Waals surface area contributed by atoms with E-state index >= 15 is 0 Å². The van der Waals surface area contributed by atoms with Crippen molar-refractivity contribution in [1.29, 1.82) is 0 Å². The Morgan fingerprint density at radius 1 is 0.617 bits per heavy atom. The van der Waals surface area contributed by atoms with Crippen LogP contribution in [0, 0.1) is 16.2 Å². The van der Waals surface area contributed by atoms with E-state index < -0.39 is 64.6 Å². The molecule has 4 aliphatic rings. The average Bonchev–Trinajstić information content (AvgIpc) is 3.50. The number of rotatable bonds is 8. The maximum Gasteiger partial charge on any atom is 0.346 e. The molecule has 0 aromatic heterocycles. The molecule has 0 amide bonds. The molecule has 2 aromatic rings. The summed E-state index contributed by atoms with van der Waals surface area (Å²) in [7, 11) is 0. The number of carbonyl (C=O) groups excluding carboxylic acids is 6. The topological polar surface area (TPSA) is 176 Å². The molecular weight excluding hydrogens is 620 g/mol. The first-order chi connectivity index (χ1) is 22.2. The van der Waals surface area contributed by atoms with Crippen molar-refractivity contribution in [3.63, 3.8) is 0 Å². The molecule has 14 heteroatoms. The van der Waals surface area contributed by atoms with Gasteiger partial charge in [-0.05, 0) is 36.4 Å². The Kier molecular flexibility index (Phi) is 8.24. The molecular formula is C33H32O14. The van der Waals surface area contributed by atoms with Crippen LogP contribution in [0.3, 0.4) is 0 Å². The first-order valence-electron chi connectivity index (χ1n) is 14.8. The summed E-state index contributed by atoms with van der Waals surface area (Å²) in [5, 5.41) is 0. The zero-order valence-corrected chi connectivity index (χ0v) is 26.1. The quantitative estimate of drug-likeness (QED) is 0.231. The predicted octanol–water partition coefficient (Wildman–Crippen LogP) is 3.11. The number of hydrogen-bond donors (Lipinski definition) is 0. The van der Waals surface area contributed by atoms with Gasteiger partial charge in [0.1, 0.15) is 13.2 Å². The maximum absolute atomic E-state index is 12.7. The Labute approximate surface area is 268 Å². The molecule has 4 heterocycles. The van der Waals surface area contributed by atoms with Gasteiger partial charge in [-0.3, -0.25) is 0 Å². The van der Waals surface area contributed by atoms with E-state index in [0.29, 0.717) is 0 Å². The minimum Gasteiger partial charge on any atom is -0.461 e. The number of cyclic esters (lactones) is 4. The van der Waals surface area contributed by atoms with Crippen molar-refractivity contribution in [2.24, 2.45) is 16.2 Å². The zero-order valence-electron chi connectivity index (χ0n) is 26.1. The minimum atomic E-state index is -0.811. The Bertz CT molecular complexity index is 1540. The molecule has 4 aliphatic heterocycles. The predicted molar refractivity (Wildman–Crippen MR) is 154 cm³/mol. The fourth-order valence-electron chi connectivity index (χ4n) is 5.49. The van der Waals surface area contributed by atoms with Gasteiger partial charge in [-0.15, -0.1) is 0 Å². The van der Waals surface area contributed by atoms with Gasteiger partial charge in [0.25, 0.3) is 0 Å². The summed E-state index contributed by atoms with van der Waals surface area (Å²) in [6, 6.07) is 8.03. The summed E-state index contributed by atoms with van der Waals surface area (Å²) in [5.74, 6) is -4.49. The molecule has 0 aliphatic carbocycles. The second kappa shape index (κ2) is 11.9. The number of benzene rings is 2. The maximum atomic E-state index is 12.7. The summed E-state index contributed by atoms with van der Waals surface area (Å²) >= 11 is 0. The van der Waals surface area contributed by atoms with E-state index in [1.165, 1.54) is 36.4 Å². The largest absolute Gasteiger partial charge is 0.461 e. The van der Waals surface area contributed by atoms with Crippen LogP contribution in [0.15, 0.2) is 36.4 Å². The average molecular weight is 653 g/mol. The van der Waals surface area contributed by atoms with Crippen LogP contribution < -0.4 is 0 Å². The van der Waals surface area contributed by atoms with Crippen molar-refractivity contribution in [3.8, 4) is 0 Å². The lowest BCUT2D eigenvalue weighted by Gasteiger charge is -2.48. The highest BCUT2D eigenvalue weighted by molar-refractivity contribution is 6.16. The third-order valence-corrected chi connectivity index (χ3v) is 8.35. The Morgan fingerprint density at radius 2 is 0.957 bits per heavy atom. The van der Waals surface area contributed by atoms with Crippen molar-refractivity contribution < 1.29 is 66.7 Å². The fraction of sp³-hybridized carbons (Fsp3) is 0.455. The van der Waals surface area contributed by atoms with Crippen molar-refractivity contribution in [2.75, 3.05) is 39.6 Å². The van der Waals surface area contributed by atoms with Crippen molar-refractivity contribution in [3.05, 3.63) is 69.8 Å². The SMILES string of the molecule is CC(C)(COC(=O)c1ccc2c(c1)C(=O)OC2=O)C1OCC2(CO1)COC(C(C)(C)COC(=O)c1ccc3c(c1)C(=O)OC3=O)OC2. The Morgan fingerprint density at radius 3 is 1.32 bits per heavy atom. The van der Waals surface area contributed by atoms with Crippen LogP contribution in [0.1, 0.15) is 89.8 Å². The lowest BCUT2D eigenvalue weighted by Crippen LogP contribution is -2.57. The van der Waals surface area contributed by atoms with Crippen LogP contribution in [0.25, 0.3) is 0 Å². The van der Waals surface area contributed by atoms with Crippen molar-refractivity contribution in [2.45, 2.75) is 40.3 Å². The highest BCUT2D eigenvalue weighted by Gasteiger charge is 2.48. The van der Waals surface area contributed by atoms with Gasteiger partial charge in [0.05, 0.1) is 65.2 Å². The van der Waals surface area contributed by atoms with Gasteiger partial charge < -0.3 is 37.9 Å². The van der Waals surface area contributed by atoms with Crippen LogP contribution in [-0.4, -0.2) is 88.0 Å². The van der Waals surface area contributed by atoms with Gasteiger partial charge in [-0.1, -0.05) is 27.7 Å². The molecule has 0 saturated carbocycles. The van der Waals surface area contributed by atoms with Gasteiger partial charge in [0, 0.05) is 10.8 Å². The summed E-state index contributed by atoms with van der Waals surface area (Å²) < 4.78 is 44.4. The van der Waals surface area contributed by atoms with E-state index in [2.05, 4.69) is 9.47 Å². The molecule has 248 valence electrons. The molecule has 2 fully saturated rings. The third-order valence-electron chi connectivity index (χ3n) is 8.35. The number of ether oxygens (including phenoxy) is 8. The molecule has 2 aromatic carbocycles. The van der Waals surface area contributed by atoms with Crippen LogP contribution >= 0.6 is 0 Å². The van der Waals surface area contributed by atoms with E-state index in [0.717, 1.165) is 0 Å². The Balaban J connectivity index is 0.965. The van der Waals surface area contributed by atoms with E-state index in [9.17, 15) is 28.8 Å². The van der Waals surface area contributed by atoms with Gasteiger partial charge in [-0.25, -0.2) is 28.8 Å². The van der Waals surface area contributed by atoms with E-state index in [1.54, 1.807) is 0 Å². The van der Waals surface area contributed by atoms with Crippen LogP contribution in [0.5, 0.6) is 0 Å². The lowest BCUT2D eigenvalue weighted by atomic mass is 9.86. The summed E-state index contributed by atoms with van der Waals surface area (Å²) in [6.45, 7) is 8.18. The summed E-state index contributed by atoms with van der Waals surface area (Å²) in [6.07, 6.45) is -1.41. The van der Waals surface area contributed by atoms with Gasteiger partial charge in [-0.2, -0.15) is 0 Å². The second-order valence-electron chi connectivity index (χ2n) is 13.4. The van der Waals surface area contributed by atoms with E-state index in [-0.39, 0.29) is 73.0 Å². The Hall–Kier alpha value is -4.50. The zero-order chi connectivity index (χ0) is 33.7. The van der Waals surface area contributed by atoms with Crippen LogP contribution in [-0.2, 0) is 37.9 Å². The fourth-order valence-corrected chi connectivity index (χ4v) is 5.49. The summed E-state index contributed by atoms with van der Waals surface area (Å²) in [5.41, 5.74) is -1.65. The molecule has 0 unspecified atom stereocenters. The monoisotopic (exact) mass is 652 g/mol. The second-order valence-corrected chi connectivity index (χ2v) is 13.4. The summed E-state index contributed by atoms with van der Waals surface area (Å²) in [4.78, 5) is 72.4. The van der Waals surface area contributed by atoms with Crippen molar-refractivity contribution in [1.82, 2.24) is 0 Å². The first kappa shape index (κ1) is 32.4. The minimum absolute atomic E-state index is 0.0145. The van der Waals surface area contributed by atoms with Crippen molar-refractivity contribution >= 4 is 35.8 Å². The highest BCUT2D eigenvalue weighted by Crippen LogP contribution is 2.39. The smallest absolute Gasteiger partial charge is 0.346 e. The normalized spacial score (nSPS) is 24.0. The molecule has 47 heavy (non-hydrogen) atoms. The number of esters is 6. The van der Waals surface area contributed by atoms with Gasteiger partial charge in [0.15, 0.2) is 12.6 Å². The molecule has 0 bridgehead atoms. The number of fused-ring (bicyclic) bond motifs is 2. The molecule has 2 saturated heterocycles. The van der Waals surface area contributed by atoms with Crippen LogP contribution in [0.4, 0.5) is 0 Å². The molecule has 0 radical (unpaired) electrons. The van der Waals surface area contributed by atoms with Crippen LogP contribution in [0.2, 0.25) is 0 Å².